The molecule has 0 saturated carbocycles. The molecule has 10 heteroatoms. The van der Waals surface area contributed by atoms with Crippen LogP contribution in [0.2, 0.25) is 15.1 Å². The fraction of sp³-hybridized carbons (Fsp3) is 0.263. The molecule has 1 heterocycles. The van der Waals surface area contributed by atoms with Crippen LogP contribution in [0.1, 0.15) is 23.9 Å². The van der Waals surface area contributed by atoms with Crippen molar-refractivity contribution in [1.29, 1.82) is 0 Å². The molecule has 0 saturated heterocycles. The van der Waals surface area contributed by atoms with E-state index in [1.165, 1.54) is 11.8 Å². The van der Waals surface area contributed by atoms with E-state index in [2.05, 4.69) is 10.2 Å². The molecule has 0 bridgehead atoms. The van der Waals surface area contributed by atoms with Crippen molar-refractivity contribution in [3.63, 3.8) is 0 Å². The summed E-state index contributed by atoms with van der Waals surface area (Å²) in [5.74, 6) is 0.593. The molecule has 3 aromatic rings. The van der Waals surface area contributed by atoms with Crippen molar-refractivity contribution in [3.8, 4) is 0 Å². The van der Waals surface area contributed by atoms with E-state index in [1.807, 2.05) is 13.8 Å². The second-order valence-electron chi connectivity index (χ2n) is 6.33. The van der Waals surface area contributed by atoms with Gasteiger partial charge >= 0.3 is 0 Å². The largest absolute Gasteiger partial charge is 0.305 e. The number of aryl methyl sites for hydroxylation is 1. The Morgan fingerprint density at radius 1 is 1.00 bits per heavy atom. The van der Waals surface area contributed by atoms with Gasteiger partial charge in [0.15, 0.2) is 15.0 Å². The first-order valence-corrected chi connectivity index (χ1v) is 12.5. The number of thioether (sulfide) groups is 1. The Labute approximate surface area is 189 Å². The zero-order valence-corrected chi connectivity index (χ0v) is 19.6. The first-order valence-electron chi connectivity index (χ1n) is 8.69. The highest BCUT2D eigenvalue weighted by Gasteiger charge is 2.21. The maximum atomic E-state index is 12.8. The molecule has 1 aromatic heterocycles. The summed E-state index contributed by atoms with van der Waals surface area (Å²) in [4.78, 5) is 0.264. The van der Waals surface area contributed by atoms with Crippen LogP contribution in [0.25, 0.3) is 0 Å². The summed E-state index contributed by atoms with van der Waals surface area (Å²) in [6.45, 7) is 4.35. The molecule has 0 aliphatic rings. The van der Waals surface area contributed by atoms with Gasteiger partial charge in [-0.15, -0.1) is 10.2 Å². The van der Waals surface area contributed by atoms with Crippen LogP contribution < -0.4 is 0 Å². The van der Waals surface area contributed by atoms with E-state index in [1.54, 1.807) is 41.0 Å². The van der Waals surface area contributed by atoms with Gasteiger partial charge in [0.25, 0.3) is 0 Å². The van der Waals surface area contributed by atoms with Gasteiger partial charge in [-0.2, -0.15) is 0 Å². The summed E-state index contributed by atoms with van der Waals surface area (Å²) >= 11 is 19.9. The quantitative estimate of drug-likeness (QED) is 0.308. The second kappa shape index (κ2) is 9.27. The minimum atomic E-state index is -3.53. The number of halogens is 3. The number of hydrogen-bond donors (Lipinski definition) is 0. The minimum absolute atomic E-state index is 0.226. The summed E-state index contributed by atoms with van der Waals surface area (Å²) in [6, 6.07) is 10.1. The highest BCUT2D eigenvalue weighted by Crippen LogP contribution is 2.35. The number of benzene rings is 2. The smallest absolute Gasteiger partial charge is 0.191 e. The van der Waals surface area contributed by atoms with E-state index in [4.69, 9.17) is 34.8 Å². The second-order valence-corrected chi connectivity index (χ2v) is 10.5. The van der Waals surface area contributed by atoms with E-state index >= 15 is 0 Å². The van der Waals surface area contributed by atoms with Gasteiger partial charge in [-0.05, 0) is 38.1 Å². The zero-order valence-electron chi connectivity index (χ0n) is 15.7. The van der Waals surface area contributed by atoms with Crippen molar-refractivity contribution in [2.75, 3.05) is 0 Å². The number of rotatable bonds is 7. The van der Waals surface area contributed by atoms with Gasteiger partial charge in [0.2, 0.25) is 0 Å². The Hall–Kier alpha value is -1.25. The van der Waals surface area contributed by atoms with Gasteiger partial charge in [0.05, 0.1) is 14.9 Å². The van der Waals surface area contributed by atoms with Gasteiger partial charge in [0, 0.05) is 22.9 Å². The fourth-order valence-corrected chi connectivity index (χ4v) is 5.86. The summed E-state index contributed by atoms with van der Waals surface area (Å²) in [6.07, 6.45) is 0. The van der Waals surface area contributed by atoms with Crippen LogP contribution in [-0.4, -0.2) is 23.2 Å². The molecule has 0 unspecified atom stereocenters. The van der Waals surface area contributed by atoms with Crippen molar-refractivity contribution in [3.05, 3.63) is 68.4 Å². The van der Waals surface area contributed by atoms with E-state index in [0.29, 0.717) is 43.9 Å². The maximum Gasteiger partial charge on any atom is 0.191 e. The number of hydrogen-bond acceptors (Lipinski definition) is 5. The summed E-state index contributed by atoms with van der Waals surface area (Å²) < 4.78 is 27.3. The summed E-state index contributed by atoms with van der Waals surface area (Å²) in [5, 5.41) is 10.2. The van der Waals surface area contributed by atoms with Crippen LogP contribution in [0, 0.1) is 6.92 Å². The molecular formula is C19H18Cl3N3O2S2. The van der Waals surface area contributed by atoms with Gasteiger partial charge in [-0.1, -0.05) is 64.3 Å². The molecule has 2 aromatic carbocycles. The number of sulfone groups is 1. The lowest BCUT2D eigenvalue weighted by Crippen LogP contribution is -2.11. The number of aromatic nitrogens is 3. The normalized spacial score (nSPS) is 11.8. The van der Waals surface area contributed by atoms with Crippen LogP contribution in [0.4, 0.5) is 0 Å². The molecule has 3 rings (SSSR count). The van der Waals surface area contributed by atoms with Crippen molar-refractivity contribution >= 4 is 56.4 Å². The Morgan fingerprint density at radius 2 is 1.66 bits per heavy atom. The third-order valence-corrected chi connectivity index (χ3v) is 8.11. The molecule has 5 nitrogen and oxygen atoms in total. The number of nitrogens with zero attached hydrogens (tertiary/aromatic N) is 3. The minimum Gasteiger partial charge on any atom is -0.305 e. The van der Waals surface area contributed by atoms with Gasteiger partial charge in [-0.3, -0.25) is 0 Å². The highest BCUT2D eigenvalue weighted by molar-refractivity contribution is 7.98. The van der Waals surface area contributed by atoms with Crippen LogP contribution >= 0.6 is 46.6 Å². The standard InChI is InChI=1S/C19H18Cl3N3O2S2/c1-3-25-17(11-29(26,27)13-6-4-12(2)5-7-13)23-24-19(25)28-10-14-15(20)8-9-16(21)18(14)22/h4-9H,3,10-11H2,1-2H3. The molecule has 0 spiro atoms. The SMILES string of the molecule is CCn1c(CS(=O)(=O)c2ccc(C)cc2)nnc1SCc1c(Cl)ccc(Cl)c1Cl. The maximum absolute atomic E-state index is 12.8. The molecule has 0 amide bonds. The summed E-state index contributed by atoms with van der Waals surface area (Å²) in [7, 11) is -3.53. The van der Waals surface area contributed by atoms with Crippen molar-refractivity contribution in [1.82, 2.24) is 14.8 Å². The average Bonchev–Trinajstić information content (AvgIpc) is 3.06. The van der Waals surface area contributed by atoms with Crippen LogP contribution in [0.5, 0.6) is 0 Å². The molecular weight excluding hydrogens is 473 g/mol. The third-order valence-electron chi connectivity index (χ3n) is 4.29. The summed E-state index contributed by atoms with van der Waals surface area (Å²) in [5.41, 5.74) is 1.70. The van der Waals surface area contributed by atoms with Crippen molar-refractivity contribution in [2.45, 2.75) is 41.9 Å². The first-order chi connectivity index (χ1) is 13.7. The van der Waals surface area contributed by atoms with Crippen molar-refractivity contribution < 1.29 is 8.42 Å². The molecule has 0 aliphatic carbocycles. The average molecular weight is 491 g/mol. The van der Waals surface area contributed by atoms with Crippen molar-refractivity contribution in [2.24, 2.45) is 0 Å². The van der Waals surface area contributed by atoms with Gasteiger partial charge in [-0.25, -0.2) is 8.42 Å². The fourth-order valence-electron chi connectivity index (χ4n) is 2.69. The zero-order chi connectivity index (χ0) is 21.2. The molecule has 0 atom stereocenters. The van der Waals surface area contributed by atoms with Crippen LogP contribution in [0.15, 0.2) is 46.5 Å². The molecule has 154 valence electrons. The Kier molecular flexibility index (Phi) is 7.17. The van der Waals surface area contributed by atoms with Crippen LogP contribution in [0.3, 0.4) is 0 Å². The molecule has 0 N–H and O–H groups in total. The van der Waals surface area contributed by atoms with E-state index in [0.717, 1.165) is 5.56 Å². The lowest BCUT2D eigenvalue weighted by Gasteiger charge is -2.10. The van der Waals surface area contributed by atoms with Gasteiger partial charge < -0.3 is 4.57 Å². The molecule has 0 fully saturated rings. The Morgan fingerprint density at radius 3 is 2.31 bits per heavy atom. The van der Waals surface area contributed by atoms with E-state index < -0.39 is 9.84 Å². The van der Waals surface area contributed by atoms with E-state index in [9.17, 15) is 8.42 Å². The topological polar surface area (TPSA) is 64.8 Å². The van der Waals surface area contributed by atoms with Crippen LogP contribution in [-0.2, 0) is 27.9 Å². The lowest BCUT2D eigenvalue weighted by atomic mass is 10.2. The van der Waals surface area contributed by atoms with E-state index in [-0.39, 0.29) is 10.6 Å². The highest BCUT2D eigenvalue weighted by atomic mass is 35.5. The Balaban J connectivity index is 1.82. The predicted molar refractivity (Wildman–Crippen MR) is 119 cm³/mol. The Bertz CT molecular complexity index is 1130. The third kappa shape index (κ3) is 5.09. The van der Waals surface area contributed by atoms with Gasteiger partial charge in [0.1, 0.15) is 11.6 Å². The predicted octanol–water partition coefficient (Wildman–Crippen LogP) is 5.83. The monoisotopic (exact) mass is 489 g/mol. The molecule has 0 aliphatic heterocycles. The first kappa shape index (κ1) is 22.4. The molecule has 0 radical (unpaired) electrons. The molecule has 29 heavy (non-hydrogen) atoms. The lowest BCUT2D eigenvalue weighted by molar-refractivity contribution is 0.588.